The van der Waals surface area contributed by atoms with Crippen LogP contribution in [0.4, 0.5) is 0 Å². The Morgan fingerprint density at radius 1 is 1.10 bits per heavy atom. The molecule has 160 valence electrons. The van der Waals surface area contributed by atoms with E-state index in [-0.39, 0.29) is 24.2 Å². The van der Waals surface area contributed by atoms with Crippen molar-refractivity contribution in [1.29, 1.82) is 0 Å². The molecule has 1 aromatic carbocycles. The zero-order valence-electron chi connectivity index (χ0n) is 17.7. The monoisotopic (exact) mass is 412 g/mol. The molecule has 1 aromatic rings. The second-order valence-electron chi connectivity index (χ2n) is 8.41. The molecule has 1 saturated carbocycles. The van der Waals surface area contributed by atoms with Crippen LogP contribution in [0.3, 0.4) is 0 Å². The summed E-state index contributed by atoms with van der Waals surface area (Å²) in [6.07, 6.45) is 6.19. The third kappa shape index (κ3) is 2.49. The van der Waals surface area contributed by atoms with Crippen molar-refractivity contribution in [3.63, 3.8) is 0 Å². The Morgan fingerprint density at radius 2 is 1.70 bits per heavy atom. The number of ether oxygens (including phenoxy) is 4. The summed E-state index contributed by atoms with van der Waals surface area (Å²) in [6, 6.07) is 3.76. The van der Waals surface area contributed by atoms with Crippen LogP contribution < -0.4 is 9.47 Å². The van der Waals surface area contributed by atoms with Gasteiger partial charge >= 0.3 is 11.9 Å². The molecule has 0 amide bonds. The highest BCUT2D eigenvalue weighted by Crippen LogP contribution is 2.63. The van der Waals surface area contributed by atoms with Crippen molar-refractivity contribution in [2.75, 3.05) is 21.3 Å². The molecule has 0 aromatic heterocycles. The standard InChI is InChI=1S/C24H28O6/c1-6-15-8-9-16(7-2)24(15)13-23(21(25)29-5,22(26)30-24)18-10-14-11-19(27-3)20(28-4)12-17(14)18/h6-7,11-12,15-16,18H,1-2,8-10,13H2,3-5H3/t15-,16-,18?,23-/m0/s1. The van der Waals surface area contributed by atoms with Crippen molar-refractivity contribution in [2.24, 2.45) is 17.3 Å². The molecule has 6 nitrogen and oxygen atoms in total. The van der Waals surface area contributed by atoms with E-state index in [0.717, 1.165) is 24.0 Å². The lowest BCUT2D eigenvalue weighted by Crippen LogP contribution is -2.47. The first-order valence-corrected chi connectivity index (χ1v) is 10.2. The third-order valence-electron chi connectivity index (χ3n) is 7.40. The molecule has 3 aliphatic rings. The molecule has 4 rings (SSSR count). The Bertz CT molecular complexity index is 903. The Kier molecular flexibility index (Phi) is 4.91. The number of rotatable bonds is 6. The van der Waals surface area contributed by atoms with Crippen LogP contribution in [-0.2, 0) is 25.5 Å². The molecule has 1 aliphatic heterocycles. The number of esters is 2. The minimum Gasteiger partial charge on any atom is -0.493 e. The Morgan fingerprint density at radius 3 is 2.23 bits per heavy atom. The number of fused-ring (bicyclic) bond motifs is 1. The number of benzene rings is 1. The van der Waals surface area contributed by atoms with Gasteiger partial charge in [-0.25, -0.2) is 0 Å². The minimum atomic E-state index is -1.39. The molecular weight excluding hydrogens is 384 g/mol. The molecule has 2 fully saturated rings. The molecule has 1 heterocycles. The van der Waals surface area contributed by atoms with Crippen LogP contribution in [0, 0.1) is 17.3 Å². The van der Waals surface area contributed by atoms with Gasteiger partial charge in [0.2, 0.25) is 0 Å². The zero-order valence-corrected chi connectivity index (χ0v) is 17.7. The smallest absolute Gasteiger partial charge is 0.324 e. The van der Waals surface area contributed by atoms with E-state index in [2.05, 4.69) is 13.2 Å². The van der Waals surface area contributed by atoms with Gasteiger partial charge in [-0.15, -0.1) is 13.2 Å². The minimum absolute atomic E-state index is 0.0269. The lowest BCUT2D eigenvalue weighted by atomic mass is 9.58. The highest BCUT2D eigenvalue weighted by molar-refractivity contribution is 6.03. The molecule has 4 atom stereocenters. The Labute approximate surface area is 176 Å². The largest absolute Gasteiger partial charge is 0.493 e. The van der Waals surface area contributed by atoms with Gasteiger partial charge in [-0.05, 0) is 42.5 Å². The maximum absolute atomic E-state index is 13.5. The van der Waals surface area contributed by atoms with Gasteiger partial charge in [0.15, 0.2) is 16.9 Å². The van der Waals surface area contributed by atoms with E-state index in [1.54, 1.807) is 14.2 Å². The van der Waals surface area contributed by atoms with Gasteiger partial charge in [0, 0.05) is 24.2 Å². The van der Waals surface area contributed by atoms with E-state index in [1.165, 1.54) is 7.11 Å². The van der Waals surface area contributed by atoms with Gasteiger partial charge in [-0.3, -0.25) is 9.59 Å². The Balaban J connectivity index is 1.81. The Hall–Kier alpha value is -2.76. The van der Waals surface area contributed by atoms with Crippen LogP contribution in [0.2, 0.25) is 0 Å². The summed E-state index contributed by atoms with van der Waals surface area (Å²) in [7, 11) is 4.47. The molecular formula is C24H28O6. The normalized spacial score (nSPS) is 30.8. The first-order valence-electron chi connectivity index (χ1n) is 10.2. The third-order valence-corrected chi connectivity index (χ3v) is 7.40. The van der Waals surface area contributed by atoms with Crippen LogP contribution in [0.25, 0.3) is 0 Å². The van der Waals surface area contributed by atoms with E-state index in [1.807, 2.05) is 24.3 Å². The summed E-state index contributed by atoms with van der Waals surface area (Å²) in [6.45, 7) is 7.91. The van der Waals surface area contributed by atoms with Crippen molar-refractivity contribution >= 4 is 11.9 Å². The zero-order chi connectivity index (χ0) is 21.7. The summed E-state index contributed by atoms with van der Waals surface area (Å²) in [4.78, 5) is 26.6. The lowest BCUT2D eigenvalue weighted by Gasteiger charge is -2.41. The molecule has 1 unspecified atom stereocenters. The summed E-state index contributed by atoms with van der Waals surface area (Å²) < 4.78 is 22.1. The fraction of sp³-hybridized carbons (Fsp3) is 0.500. The molecule has 6 heteroatoms. The van der Waals surface area contributed by atoms with Gasteiger partial charge in [0.25, 0.3) is 0 Å². The first-order chi connectivity index (χ1) is 14.4. The van der Waals surface area contributed by atoms with Gasteiger partial charge < -0.3 is 18.9 Å². The first kappa shape index (κ1) is 20.5. The van der Waals surface area contributed by atoms with E-state index < -0.39 is 23.0 Å². The quantitative estimate of drug-likeness (QED) is 0.404. The van der Waals surface area contributed by atoms with E-state index in [4.69, 9.17) is 18.9 Å². The predicted octanol–water partition coefficient (Wildman–Crippen LogP) is 3.59. The summed E-state index contributed by atoms with van der Waals surface area (Å²) in [5.41, 5.74) is -0.271. The van der Waals surface area contributed by atoms with Crippen LogP contribution in [0.1, 0.15) is 36.3 Å². The number of carbonyl (C=O) groups excluding carboxylic acids is 2. The second-order valence-corrected chi connectivity index (χ2v) is 8.41. The predicted molar refractivity (Wildman–Crippen MR) is 110 cm³/mol. The number of hydrogen-bond acceptors (Lipinski definition) is 6. The molecule has 1 saturated heterocycles. The fourth-order valence-corrected chi connectivity index (χ4v) is 5.80. The molecule has 0 N–H and O–H groups in total. The summed E-state index contributed by atoms with van der Waals surface area (Å²) in [5.74, 6) is -0.268. The van der Waals surface area contributed by atoms with Crippen molar-refractivity contribution in [3.8, 4) is 11.5 Å². The van der Waals surface area contributed by atoms with Crippen LogP contribution >= 0.6 is 0 Å². The van der Waals surface area contributed by atoms with Crippen LogP contribution in [-0.4, -0.2) is 38.9 Å². The van der Waals surface area contributed by atoms with Crippen molar-refractivity contribution in [2.45, 2.75) is 37.2 Å². The lowest BCUT2D eigenvalue weighted by molar-refractivity contribution is -0.167. The average Bonchev–Trinajstić information content (AvgIpc) is 3.24. The van der Waals surface area contributed by atoms with Gasteiger partial charge in [0.05, 0.1) is 21.3 Å². The van der Waals surface area contributed by atoms with E-state index in [0.29, 0.717) is 17.9 Å². The SMILES string of the molecule is C=C[C@H]1CC[C@H](C=C)C12C[C@@](C(=O)OC)(C1Cc3cc(OC)c(OC)cc31)C(=O)O2. The van der Waals surface area contributed by atoms with Crippen molar-refractivity contribution < 1.29 is 28.5 Å². The fourth-order valence-electron chi connectivity index (χ4n) is 5.80. The summed E-state index contributed by atoms with van der Waals surface area (Å²) >= 11 is 0. The van der Waals surface area contributed by atoms with E-state index in [9.17, 15) is 9.59 Å². The van der Waals surface area contributed by atoms with Crippen LogP contribution in [0.5, 0.6) is 11.5 Å². The second kappa shape index (κ2) is 7.18. The number of methoxy groups -OCH3 is 3. The topological polar surface area (TPSA) is 71.1 Å². The molecule has 0 radical (unpaired) electrons. The van der Waals surface area contributed by atoms with Crippen molar-refractivity contribution in [3.05, 3.63) is 48.6 Å². The number of hydrogen-bond donors (Lipinski definition) is 0. The van der Waals surface area contributed by atoms with Gasteiger partial charge in [-0.2, -0.15) is 0 Å². The molecule has 1 spiro atoms. The van der Waals surface area contributed by atoms with Gasteiger partial charge in [0.1, 0.15) is 5.60 Å². The van der Waals surface area contributed by atoms with Crippen LogP contribution in [0.15, 0.2) is 37.4 Å². The highest BCUT2D eigenvalue weighted by Gasteiger charge is 2.71. The number of carbonyl (C=O) groups is 2. The van der Waals surface area contributed by atoms with Gasteiger partial charge in [-0.1, -0.05) is 12.2 Å². The van der Waals surface area contributed by atoms with Crippen molar-refractivity contribution in [1.82, 2.24) is 0 Å². The maximum atomic E-state index is 13.5. The highest BCUT2D eigenvalue weighted by atomic mass is 16.6. The average molecular weight is 412 g/mol. The molecule has 30 heavy (non-hydrogen) atoms. The molecule has 2 aliphatic carbocycles. The maximum Gasteiger partial charge on any atom is 0.324 e. The van der Waals surface area contributed by atoms with E-state index >= 15 is 0 Å². The summed E-state index contributed by atoms with van der Waals surface area (Å²) in [5, 5.41) is 0. The molecule has 0 bridgehead atoms.